The second kappa shape index (κ2) is 5.67. The molecule has 1 unspecified atom stereocenters. The molecule has 0 nitrogen and oxygen atoms in total. The molecule has 13 heavy (non-hydrogen) atoms. The van der Waals surface area contributed by atoms with Gasteiger partial charge in [-0.2, -0.15) is 0 Å². The molecule has 0 spiro atoms. The monoisotopic (exact) mass is 184 g/mol. The van der Waals surface area contributed by atoms with Crippen molar-refractivity contribution in [1.29, 1.82) is 0 Å². The van der Waals surface area contributed by atoms with Crippen LogP contribution in [0.2, 0.25) is 0 Å². The Morgan fingerprint density at radius 1 is 0.923 bits per heavy atom. The molecule has 0 rings (SSSR count). The summed E-state index contributed by atoms with van der Waals surface area (Å²) >= 11 is 0. The van der Waals surface area contributed by atoms with Crippen molar-refractivity contribution >= 4 is 0 Å². The highest BCUT2D eigenvalue weighted by molar-refractivity contribution is 4.63. The van der Waals surface area contributed by atoms with Gasteiger partial charge in [-0.25, -0.2) is 0 Å². The Bertz CT molecular complexity index is 116. The molecule has 1 atom stereocenters. The van der Waals surface area contributed by atoms with Crippen molar-refractivity contribution in [2.75, 3.05) is 0 Å². The lowest BCUT2D eigenvalue weighted by Gasteiger charge is -2.19. The highest BCUT2D eigenvalue weighted by Gasteiger charge is 2.10. The van der Waals surface area contributed by atoms with Gasteiger partial charge in [-0.15, -0.1) is 0 Å². The van der Waals surface area contributed by atoms with Gasteiger partial charge >= 0.3 is 0 Å². The minimum absolute atomic E-state index is 0.529. The van der Waals surface area contributed by atoms with Crippen molar-refractivity contribution < 1.29 is 0 Å². The number of hydrogen-bond donors (Lipinski definition) is 0. The van der Waals surface area contributed by atoms with Crippen LogP contribution in [0.25, 0.3) is 0 Å². The number of hydrogen-bond acceptors (Lipinski definition) is 0. The maximum absolute atomic E-state index is 2.38. The predicted octanol–water partition coefficient (Wildman–Crippen LogP) is 4.89. The molecular formula is C13H28. The summed E-state index contributed by atoms with van der Waals surface area (Å²) in [5.41, 5.74) is 0.529. The minimum Gasteiger partial charge on any atom is -0.0625 e. The molecule has 0 aliphatic carbocycles. The average molecular weight is 184 g/mol. The van der Waals surface area contributed by atoms with E-state index in [1.54, 1.807) is 0 Å². The van der Waals surface area contributed by atoms with Gasteiger partial charge in [-0.1, -0.05) is 60.8 Å². The standard InChI is InChI=1S/C13H28/c1-11(2)12(3)9-7-8-10-13(4,5)6/h11-12H,7-10H2,1-6H3. The third kappa shape index (κ3) is 8.33. The first kappa shape index (κ1) is 13.0. The molecule has 0 aliphatic heterocycles. The molecular weight excluding hydrogens is 156 g/mol. The molecule has 0 aliphatic rings. The Hall–Kier alpha value is 0. The van der Waals surface area contributed by atoms with E-state index in [4.69, 9.17) is 0 Å². The molecule has 0 aromatic carbocycles. The predicted molar refractivity (Wildman–Crippen MR) is 61.9 cm³/mol. The van der Waals surface area contributed by atoms with Crippen LogP contribution in [0.1, 0.15) is 67.2 Å². The van der Waals surface area contributed by atoms with Crippen molar-refractivity contribution in [3.8, 4) is 0 Å². The van der Waals surface area contributed by atoms with Crippen LogP contribution in [0.4, 0.5) is 0 Å². The van der Waals surface area contributed by atoms with E-state index in [0.29, 0.717) is 5.41 Å². The second-order valence-electron chi connectivity index (χ2n) is 6.03. The molecule has 0 N–H and O–H groups in total. The van der Waals surface area contributed by atoms with Crippen LogP contribution in [-0.4, -0.2) is 0 Å². The zero-order valence-electron chi connectivity index (χ0n) is 10.5. The maximum Gasteiger partial charge on any atom is -0.0383 e. The van der Waals surface area contributed by atoms with Gasteiger partial charge in [0.05, 0.1) is 0 Å². The molecule has 0 fully saturated rings. The molecule has 0 bridgehead atoms. The molecule has 0 heteroatoms. The van der Waals surface area contributed by atoms with Gasteiger partial charge in [0.25, 0.3) is 0 Å². The zero-order chi connectivity index (χ0) is 10.5. The topological polar surface area (TPSA) is 0 Å². The Morgan fingerprint density at radius 2 is 1.46 bits per heavy atom. The SMILES string of the molecule is CC(C)C(C)CCCCC(C)(C)C. The fourth-order valence-corrected chi connectivity index (χ4v) is 1.45. The number of unbranched alkanes of at least 4 members (excludes halogenated alkanes) is 1. The van der Waals surface area contributed by atoms with Gasteiger partial charge < -0.3 is 0 Å². The van der Waals surface area contributed by atoms with Crippen LogP contribution in [-0.2, 0) is 0 Å². The molecule has 0 saturated heterocycles. The molecule has 0 aromatic heterocycles. The smallest absolute Gasteiger partial charge is 0.0383 e. The summed E-state index contributed by atoms with van der Waals surface area (Å²) in [6, 6.07) is 0. The summed E-state index contributed by atoms with van der Waals surface area (Å²) < 4.78 is 0. The third-order valence-corrected chi connectivity index (χ3v) is 2.97. The van der Waals surface area contributed by atoms with E-state index >= 15 is 0 Å². The van der Waals surface area contributed by atoms with Crippen LogP contribution in [0, 0.1) is 17.3 Å². The van der Waals surface area contributed by atoms with Crippen molar-refractivity contribution in [2.45, 2.75) is 67.2 Å². The van der Waals surface area contributed by atoms with Gasteiger partial charge in [-0.05, 0) is 23.7 Å². The van der Waals surface area contributed by atoms with Crippen molar-refractivity contribution in [2.24, 2.45) is 17.3 Å². The average Bonchev–Trinajstić information content (AvgIpc) is 1.95. The minimum atomic E-state index is 0.529. The van der Waals surface area contributed by atoms with E-state index < -0.39 is 0 Å². The van der Waals surface area contributed by atoms with Crippen LogP contribution in [0.3, 0.4) is 0 Å². The summed E-state index contributed by atoms with van der Waals surface area (Å²) in [5, 5.41) is 0. The second-order valence-corrected chi connectivity index (χ2v) is 6.03. The van der Waals surface area contributed by atoms with E-state index in [0.717, 1.165) is 11.8 Å². The summed E-state index contributed by atoms with van der Waals surface area (Å²) in [6.45, 7) is 14.0. The molecule has 80 valence electrons. The van der Waals surface area contributed by atoms with Crippen molar-refractivity contribution in [1.82, 2.24) is 0 Å². The van der Waals surface area contributed by atoms with Crippen LogP contribution in [0.5, 0.6) is 0 Å². The third-order valence-electron chi connectivity index (χ3n) is 2.97. The normalized spacial score (nSPS) is 15.0. The Balaban J connectivity index is 3.36. The Kier molecular flexibility index (Phi) is 5.67. The fourth-order valence-electron chi connectivity index (χ4n) is 1.45. The number of rotatable bonds is 5. The molecule has 0 radical (unpaired) electrons. The highest BCUT2D eigenvalue weighted by Crippen LogP contribution is 2.24. The van der Waals surface area contributed by atoms with Gasteiger partial charge in [-0.3, -0.25) is 0 Å². The largest absolute Gasteiger partial charge is 0.0625 e. The lowest BCUT2D eigenvalue weighted by molar-refractivity contribution is 0.330. The van der Waals surface area contributed by atoms with Crippen molar-refractivity contribution in [3.05, 3.63) is 0 Å². The summed E-state index contributed by atoms with van der Waals surface area (Å²) in [4.78, 5) is 0. The first-order chi connectivity index (χ1) is 5.83. The maximum atomic E-state index is 2.38. The first-order valence-corrected chi connectivity index (χ1v) is 5.83. The molecule has 0 aromatic rings. The molecule has 0 saturated carbocycles. The van der Waals surface area contributed by atoms with Crippen LogP contribution in [0.15, 0.2) is 0 Å². The molecule has 0 heterocycles. The summed E-state index contributed by atoms with van der Waals surface area (Å²) in [6.07, 6.45) is 5.60. The summed E-state index contributed by atoms with van der Waals surface area (Å²) in [5.74, 6) is 1.76. The van der Waals surface area contributed by atoms with E-state index in [1.165, 1.54) is 25.7 Å². The van der Waals surface area contributed by atoms with Crippen LogP contribution < -0.4 is 0 Å². The lowest BCUT2D eigenvalue weighted by atomic mass is 9.87. The first-order valence-electron chi connectivity index (χ1n) is 5.83. The van der Waals surface area contributed by atoms with Crippen molar-refractivity contribution in [3.63, 3.8) is 0 Å². The van der Waals surface area contributed by atoms with E-state index in [1.807, 2.05) is 0 Å². The fraction of sp³-hybridized carbons (Fsp3) is 1.00. The lowest BCUT2D eigenvalue weighted by Crippen LogP contribution is -2.06. The zero-order valence-corrected chi connectivity index (χ0v) is 10.5. The van der Waals surface area contributed by atoms with E-state index in [9.17, 15) is 0 Å². The van der Waals surface area contributed by atoms with Gasteiger partial charge in [0.2, 0.25) is 0 Å². The Morgan fingerprint density at radius 3 is 1.85 bits per heavy atom. The van der Waals surface area contributed by atoms with E-state index in [-0.39, 0.29) is 0 Å². The molecule has 0 amide bonds. The Labute approximate surface area is 85.1 Å². The van der Waals surface area contributed by atoms with Crippen LogP contribution >= 0.6 is 0 Å². The van der Waals surface area contributed by atoms with Gasteiger partial charge in [0.1, 0.15) is 0 Å². The van der Waals surface area contributed by atoms with Gasteiger partial charge in [0, 0.05) is 0 Å². The quantitative estimate of drug-likeness (QED) is 0.534. The summed E-state index contributed by atoms with van der Waals surface area (Å²) in [7, 11) is 0. The van der Waals surface area contributed by atoms with E-state index in [2.05, 4.69) is 41.5 Å². The van der Waals surface area contributed by atoms with Gasteiger partial charge in [0.15, 0.2) is 0 Å². The highest BCUT2D eigenvalue weighted by atomic mass is 14.2.